The maximum atomic E-state index is 5.55. The number of ether oxygens (including phenoxy) is 1. The fourth-order valence-corrected chi connectivity index (χ4v) is 1.59. The predicted molar refractivity (Wildman–Crippen MR) is 65.6 cm³/mol. The van der Waals surface area contributed by atoms with Crippen LogP contribution in [0.15, 0.2) is 24.7 Å². The van der Waals surface area contributed by atoms with Gasteiger partial charge in [0.25, 0.3) is 0 Å². The van der Waals surface area contributed by atoms with E-state index in [9.17, 15) is 0 Å². The fourth-order valence-electron chi connectivity index (χ4n) is 1.59. The minimum atomic E-state index is -0.263. The Morgan fingerprint density at radius 2 is 2.33 bits per heavy atom. The van der Waals surface area contributed by atoms with Gasteiger partial charge in [0.15, 0.2) is 0 Å². The number of rotatable bonds is 6. The highest BCUT2D eigenvalue weighted by Crippen LogP contribution is 2.21. The van der Waals surface area contributed by atoms with Crippen LogP contribution in [0.4, 0.5) is 0 Å². The summed E-state index contributed by atoms with van der Waals surface area (Å²) in [5.74, 6) is 6.27. The summed E-state index contributed by atoms with van der Waals surface area (Å²) in [5, 5.41) is 10.3. The van der Waals surface area contributed by atoms with Crippen molar-refractivity contribution in [3.63, 3.8) is 0 Å². The maximum Gasteiger partial charge on any atom is 0.137 e. The summed E-state index contributed by atoms with van der Waals surface area (Å²) in [4.78, 5) is 4.14. The van der Waals surface area contributed by atoms with Gasteiger partial charge in [-0.1, -0.05) is 6.92 Å². The Hall–Kier alpha value is -1.99. The Morgan fingerprint density at radius 3 is 3.00 bits per heavy atom. The van der Waals surface area contributed by atoms with Gasteiger partial charge < -0.3 is 4.74 Å². The van der Waals surface area contributed by atoms with Crippen molar-refractivity contribution in [2.24, 2.45) is 5.84 Å². The van der Waals surface area contributed by atoms with Gasteiger partial charge in [0.2, 0.25) is 0 Å². The van der Waals surface area contributed by atoms with Gasteiger partial charge in [-0.3, -0.25) is 10.8 Å². The molecule has 0 aliphatic heterocycles. The van der Waals surface area contributed by atoms with Gasteiger partial charge in [0.1, 0.15) is 11.4 Å². The maximum absolute atomic E-state index is 5.55. The number of nitrogens with two attached hydrogens (primary N) is 1. The lowest BCUT2D eigenvalue weighted by Crippen LogP contribution is -2.29. The standard InChI is InChI=1S/C11H16N6O/c1-2-3-18-9-4-8(5-13-6-9)11(15-12)10-7-14-17-16-10/h4-7,11,15H,2-3,12H2,1H3,(H,14,16,17). The lowest BCUT2D eigenvalue weighted by atomic mass is 10.1. The van der Waals surface area contributed by atoms with Crippen LogP contribution in [0.2, 0.25) is 0 Å². The molecule has 1 atom stereocenters. The van der Waals surface area contributed by atoms with Crippen molar-refractivity contribution in [2.75, 3.05) is 6.61 Å². The van der Waals surface area contributed by atoms with Crippen molar-refractivity contribution >= 4 is 0 Å². The first-order valence-electron chi connectivity index (χ1n) is 5.74. The SMILES string of the molecule is CCCOc1cncc(C(NN)c2cn[nH]n2)c1. The van der Waals surface area contributed by atoms with Gasteiger partial charge >= 0.3 is 0 Å². The molecule has 2 aromatic rings. The fraction of sp³-hybridized carbons (Fsp3) is 0.364. The average molecular weight is 248 g/mol. The van der Waals surface area contributed by atoms with Crippen LogP contribution < -0.4 is 16.0 Å². The van der Waals surface area contributed by atoms with Crippen molar-refractivity contribution in [1.82, 2.24) is 25.8 Å². The normalized spacial score (nSPS) is 12.3. The van der Waals surface area contributed by atoms with Crippen LogP contribution in [-0.4, -0.2) is 27.0 Å². The zero-order chi connectivity index (χ0) is 12.8. The van der Waals surface area contributed by atoms with Gasteiger partial charge in [-0.15, -0.1) is 0 Å². The third-order valence-corrected chi connectivity index (χ3v) is 2.44. The third kappa shape index (κ3) is 2.82. The van der Waals surface area contributed by atoms with Gasteiger partial charge in [0, 0.05) is 6.20 Å². The summed E-state index contributed by atoms with van der Waals surface area (Å²) in [6, 6.07) is 1.63. The van der Waals surface area contributed by atoms with Crippen LogP contribution in [0.25, 0.3) is 0 Å². The molecule has 0 saturated carbocycles. The molecule has 0 saturated heterocycles. The van der Waals surface area contributed by atoms with E-state index in [4.69, 9.17) is 10.6 Å². The summed E-state index contributed by atoms with van der Waals surface area (Å²) in [5.41, 5.74) is 4.26. The number of pyridine rings is 1. The Balaban J connectivity index is 2.20. The molecule has 7 heteroatoms. The molecule has 7 nitrogen and oxygen atoms in total. The summed E-state index contributed by atoms with van der Waals surface area (Å²) in [6.45, 7) is 2.72. The van der Waals surface area contributed by atoms with Gasteiger partial charge in [-0.25, -0.2) is 5.43 Å². The second-order valence-corrected chi connectivity index (χ2v) is 3.80. The Labute approximate surface area is 105 Å². The quantitative estimate of drug-likeness (QED) is 0.509. The molecule has 0 radical (unpaired) electrons. The first-order valence-corrected chi connectivity index (χ1v) is 5.74. The molecule has 0 fully saturated rings. The molecule has 2 rings (SSSR count). The number of nitrogens with one attached hydrogen (secondary N) is 2. The van der Waals surface area contributed by atoms with E-state index in [-0.39, 0.29) is 6.04 Å². The van der Waals surface area contributed by atoms with Crippen LogP contribution in [-0.2, 0) is 0 Å². The molecule has 2 heterocycles. The number of aromatic nitrogens is 4. The van der Waals surface area contributed by atoms with E-state index < -0.39 is 0 Å². The summed E-state index contributed by atoms with van der Waals surface area (Å²) in [7, 11) is 0. The van der Waals surface area contributed by atoms with Crippen molar-refractivity contribution in [2.45, 2.75) is 19.4 Å². The zero-order valence-electron chi connectivity index (χ0n) is 10.1. The molecule has 1 unspecified atom stereocenters. The molecular weight excluding hydrogens is 232 g/mol. The highest BCUT2D eigenvalue weighted by Gasteiger charge is 2.16. The number of hydrazine groups is 1. The van der Waals surface area contributed by atoms with E-state index >= 15 is 0 Å². The van der Waals surface area contributed by atoms with E-state index in [1.54, 1.807) is 18.6 Å². The van der Waals surface area contributed by atoms with Crippen LogP contribution >= 0.6 is 0 Å². The number of nitrogens with zero attached hydrogens (tertiary/aromatic N) is 3. The lowest BCUT2D eigenvalue weighted by molar-refractivity contribution is 0.315. The van der Waals surface area contributed by atoms with Crippen molar-refractivity contribution in [1.29, 1.82) is 0 Å². The summed E-state index contributed by atoms with van der Waals surface area (Å²) in [6.07, 6.45) is 5.96. The number of hydrogen-bond donors (Lipinski definition) is 3. The minimum Gasteiger partial charge on any atom is -0.492 e. The van der Waals surface area contributed by atoms with Crippen molar-refractivity contribution in [3.8, 4) is 5.75 Å². The molecule has 96 valence electrons. The second-order valence-electron chi connectivity index (χ2n) is 3.80. The highest BCUT2D eigenvalue weighted by atomic mass is 16.5. The number of aromatic amines is 1. The largest absolute Gasteiger partial charge is 0.492 e. The van der Waals surface area contributed by atoms with Crippen LogP contribution in [0.3, 0.4) is 0 Å². The molecule has 0 aliphatic carbocycles. The predicted octanol–water partition coefficient (Wildman–Crippen LogP) is 0.541. The molecule has 4 N–H and O–H groups in total. The van der Waals surface area contributed by atoms with Gasteiger partial charge in [-0.05, 0) is 18.1 Å². The molecule has 0 aromatic carbocycles. The first-order chi connectivity index (χ1) is 8.85. The first kappa shape index (κ1) is 12.5. The van der Waals surface area contributed by atoms with Gasteiger partial charge in [-0.2, -0.15) is 15.4 Å². The van der Waals surface area contributed by atoms with Crippen molar-refractivity contribution in [3.05, 3.63) is 35.9 Å². The Morgan fingerprint density at radius 1 is 1.44 bits per heavy atom. The molecule has 18 heavy (non-hydrogen) atoms. The molecule has 2 aromatic heterocycles. The number of hydrogen-bond acceptors (Lipinski definition) is 6. The molecular formula is C11H16N6O. The molecule has 0 amide bonds. The Kier molecular flexibility index (Phi) is 4.21. The zero-order valence-corrected chi connectivity index (χ0v) is 10.1. The van der Waals surface area contributed by atoms with E-state index in [1.165, 1.54) is 0 Å². The van der Waals surface area contributed by atoms with Crippen LogP contribution in [0.5, 0.6) is 5.75 Å². The van der Waals surface area contributed by atoms with Gasteiger partial charge in [0.05, 0.1) is 25.0 Å². The van der Waals surface area contributed by atoms with E-state index in [0.717, 1.165) is 17.7 Å². The van der Waals surface area contributed by atoms with E-state index in [1.807, 2.05) is 6.07 Å². The lowest BCUT2D eigenvalue weighted by Gasteiger charge is -2.14. The molecule has 0 spiro atoms. The molecule has 0 bridgehead atoms. The smallest absolute Gasteiger partial charge is 0.137 e. The third-order valence-electron chi connectivity index (χ3n) is 2.44. The van der Waals surface area contributed by atoms with Crippen molar-refractivity contribution < 1.29 is 4.74 Å². The number of H-pyrrole nitrogens is 1. The van der Waals surface area contributed by atoms with E-state index in [2.05, 4.69) is 32.7 Å². The second kappa shape index (κ2) is 6.08. The average Bonchev–Trinajstić information content (AvgIpc) is 2.92. The monoisotopic (exact) mass is 248 g/mol. The highest BCUT2D eigenvalue weighted by molar-refractivity contribution is 5.30. The van der Waals surface area contributed by atoms with E-state index in [0.29, 0.717) is 12.3 Å². The molecule has 0 aliphatic rings. The Bertz CT molecular complexity index is 472. The summed E-state index contributed by atoms with van der Waals surface area (Å²) >= 11 is 0. The topological polar surface area (TPSA) is 102 Å². The minimum absolute atomic E-state index is 0.263. The summed E-state index contributed by atoms with van der Waals surface area (Å²) < 4.78 is 5.53. The van der Waals surface area contributed by atoms with Crippen LogP contribution in [0, 0.1) is 0 Å². The van der Waals surface area contributed by atoms with Crippen LogP contribution in [0.1, 0.15) is 30.6 Å².